The van der Waals surface area contributed by atoms with E-state index in [9.17, 15) is 5.11 Å². The van der Waals surface area contributed by atoms with Crippen molar-refractivity contribution in [2.24, 2.45) is 17.6 Å². The highest BCUT2D eigenvalue weighted by molar-refractivity contribution is 6.42. The molecule has 0 amide bonds. The molecule has 0 bridgehead atoms. The Morgan fingerprint density at radius 2 is 2.05 bits per heavy atom. The molecule has 1 aromatic carbocycles. The van der Waals surface area contributed by atoms with Gasteiger partial charge in [-0.1, -0.05) is 49.0 Å². The topological polar surface area (TPSA) is 46.2 Å². The molecule has 106 valence electrons. The number of nitrogens with two attached hydrogens (primary N) is 1. The minimum absolute atomic E-state index is 0.0692. The largest absolute Gasteiger partial charge is 0.392 e. The van der Waals surface area contributed by atoms with Crippen molar-refractivity contribution in [3.8, 4) is 0 Å². The lowest BCUT2D eigenvalue weighted by atomic mass is 9.81. The van der Waals surface area contributed by atoms with E-state index >= 15 is 0 Å². The Kier molecular flexibility index (Phi) is 5.13. The zero-order valence-corrected chi connectivity index (χ0v) is 12.7. The SMILES string of the molecule is CC1CCCC1C(O)C(CN)c1ccc(Cl)c(Cl)c1. The van der Waals surface area contributed by atoms with Crippen LogP contribution in [-0.2, 0) is 0 Å². The van der Waals surface area contributed by atoms with Crippen LogP contribution in [0.5, 0.6) is 0 Å². The molecule has 0 aromatic heterocycles. The van der Waals surface area contributed by atoms with Gasteiger partial charge in [0.1, 0.15) is 0 Å². The van der Waals surface area contributed by atoms with Crippen LogP contribution in [0, 0.1) is 11.8 Å². The van der Waals surface area contributed by atoms with Gasteiger partial charge < -0.3 is 10.8 Å². The van der Waals surface area contributed by atoms with E-state index in [4.69, 9.17) is 28.9 Å². The third-order valence-electron chi connectivity index (χ3n) is 4.40. The van der Waals surface area contributed by atoms with Crippen LogP contribution in [0.1, 0.15) is 37.7 Å². The van der Waals surface area contributed by atoms with Crippen molar-refractivity contribution in [3.63, 3.8) is 0 Å². The van der Waals surface area contributed by atoms with Crippen LogP contribution in [-0.4, -0.2) is 17.8 Å². The molecule has 0 spiro atoms. The summed E-state index contributed by atoms with van der Waals surface area (Å²) in [6, 6.07) is 5.51. The normalized spacial score (nSPS) is 26.4. The van der Waals surface area contributed by atoms with Crippen LogP contribution < -0.4 is 5.73 Å². The lowest BCUT2D eigenvalue weighted by Gasteiger charge is -2.29. The molecular weight excluding hydrogens is 281 g/mol. The lowest BCUT2D eigenvalue weighted by molar-refractivity contribution is 0.0665. The van der Waals surface area contributed by atoms with E-state index in [2.05, 4.69) is 6.92 Å². The third kappa shape index (κ3) is 3.25. The second-order valence-electron chi connectivity index (χ2n) is 5.58. The van der Waals surface area contributed by atoms with Crippen molar-refractivity contribution >= 4 is 23.2 Å². The average Bonchev–Trinajstić information content (AvgIpc) is 2.80. The van der Waals surface area contributed by atoms with Gasteiger partial charge in [0, 0.05) is 12.5 Å². The Labute approximate surface area is 124 Å². The first-order valence-corrected chi connectivity index (χ1v) is 7.63. The first kappa shape index (κ1) is 15.1. The molecule has 2 rings (SSSR count). The summed E-state index contributed by atoms with van der Waals surface area (Å²) in [5.74, 6) is 0.829. The van der Waals surface area contributed by atoms with Crippen molar-refractivity contribution in [2.45, 2.75) is 38.2 Å². The number of hydrogen-bond acceptors (Lipinski definition) is 2. The van der Waals surface area contributed by atoms with Gasteiger partial charge in [0.15, 0.2) is 0 Å². The molecule has 0 radical (unpaired) electrons. The van der Waals surface area contributed by atoms with E-state index in [1.54, 1.807) is 6.07 Å². The second kappa shape index (κ2) is 6.45. The molecule has 1 fully saturated rings. The summed E-state index contributed by atoms with van der Waals surface area (Å²) in [7, 11) is 0. The van der Waals surface area contributed by atoms with Gasteiger partial charge in [-0.15, -0.1) is 0 Å². The molecular formula is C15H21Cl2NO. The van der Waals surface area contributed by atoms with Gasteiger partial charge in [0.05, 0.1) is 16.1 Å². The summed E-state index contributed by atoms with van der Waals surface area (Å²) < 4.78 is 0. The Hall–Kier alpha value is -0.280. The molecule has 0 heterocycles. The first-order valence-electron chi connectivity index (χ1n) is 6.87. The van der Waals surface area contributed by atoms with Crippen LogP contribution in [0.25, 0.3) is 0 Å². The van der Waals surface area contributed by atoms with Gasteiger partial charge >= 0.3 is 0 Å². The maximum absolute atomic E-state index is 10.6. The van der Waals surface area contributed by atoms with E-state index < -0.39 is 6.10 Å². The number of aliphatic hydroxyl groups is 1. The van der Waals surface area contributed by atoms with Crippen molar-refractivity contribution in [3.05, 3.63) is 33.8 Å². The van der Waals surface area contributed by atoms with Gasteiger partial charge in [-0.05, 0) is 36.0 Å². The summed E-state index contributed by atoms with van der Waals surface area (Å²) >= 11 is 12.0. The van der Waals surface area contributed by atoms with Crippen molar-refractivity contribution in [1.82, 2.24) is 0 Å². The van der Waals surface area contributed by atoms with E-state index in [1.807, 2.05) is 12.1 Å². The Balaban J connectivity index is 2.20. The standard InChI is InChI=1S/C15H21Cl2NO/c1-9-3-2-4-11(9)15(19)12(8-18)10-5-6-13(16)14(17)7-10/h5-7,9,11-12,15,19H,2-4,8,18H2,1H3. The van der Waals surface area contributed by atoms with Crippen molar-refractivity contribution in [1.29, 1.82) is 0 Å². The molecule has 4 atom stereocenters. The smallest absolute Gasteiger partial charge is 0.0651 e. The quantitative estimate of drug-likeness (QED) is 0.888. The molecule has 4 unspecified atom stereocenters. The molecule has 0 saturated heterocycles. The highest BCUT2D eigenvalue weighted by atomic mass is 35.5. The predicted molar refractivity (Wildman–Crippen MR) is 80.8 cm³/mol. The summed E-state index contributed by atoms with van der Waals surface area (Å²) in [4.78, 5) is 0. The van der Waals surface area contributed by atoms with Gasteiger partial charge in [0.25, 0.3) is 0 Å². The molecule has 1 saturated carbocycles. The van der Waals surface area contributed by atoms with E-state index in [0.29, 0.717) is 28.4 Å². The number of aliphatic hydroxyl groups excluding tert-OH is 1. The zero-order valence-electron chi connectivity index (χ0n) is 11.2. The lowest BCUT2D eigenvalue weighted by Crippen LogP contribution is -2.33. The zero-order chi connectivity index (χ0) is 14.0. The number of hydrogen-bond donors (Lipinski definition) is 2. The summed E-state index contributed by atoms with van der Waals surface area (Å²) in [6.07, 6.45) is 3.07. The molecule has 0 aliphatic heterocycles. The third-order valence-corrected chi connectivity index (χ3v) is 5.14. The predicted octanol–water partition coefficient (Wildman–Crippen LogP) is 3.83. The van der Waals surface area contributed by atoms with Crippen molar-refractivity contribution in [2.75, 3.05) is 6.54 Å². The van der Waals surface area contributed by atoms with Gasteiger partial charge in [-0.3, -0.25) is 0 Å². The molecule has 1 aliphatic rings. The molecule has 4 heteroatoms. The number of rotatable bonds is 4. The number of benzene rings is 1. The van der Waals surface area contributed by atoms with E-state index in [0.717, 1.165) is 12.0 Å². The molecule has 3 N–H and O–H groups in total. The molecule has 2 nitrogen and oxygen atoms in total. The van der Waals surface area contributed by atoms with Gasteiger partial charge in [0.2, 0.25) is 0 Å². The van der Waals surface area contributed by atoms with Crippen LogP contribution in [0.2, 0.25) is 10.0 Å². The van der Waals surface area contributed by atoms with Crippen LogP contribution >= 0.6 is 23.2 Å². The van der Waals surface area contributed by atoms with Crippen LogP contribution in [0.4, 0.5) is 0 Å². The van der Waals surface area contributed by atoms with Gasteiger partial charge in [-0.2, -0.15) is 0 Å². The summed E-state index contributed by atoms with van der Waals surface area (Å²) in [6.45, 7) is 2.63. The fraction of sp³-hybridized carbons (Fsp3) is 0.600. The fourth-order valence-electron chi connectivity index (χ4n) is 3.20. The Bertz CT molecular complexity index is 438. The summed E-state index contributed by atoms with van der Waals surface area (Å²) in [5.41, 5.74) is 6.85. The second-order valence-corrected chi connectivity index (χ2v) is 6.39. The van der Waals surface area contributed by atoms with Crippen LogP contribution in [0.15, 0.2) is 18.2 Å². The Morgan fingerprint density at radius 3 is 2.58 bits per heavy atom. The molecule has 1 aromatic rings. The van der Waals surface area contributed by atoms with Gasteiger partial charge in [-0.25, -0.2) is 0 Å². The molecule has 1 aliphatic carbocycles. The van der Waals surface area contributed by atoms with E-state index in [1.165, 1.54) is 12.8 Å². The highest BCUT2D eigenvalue weighted by Crippen LogP contribution is 2.39. The Morgan fingerprint density at radius 1 is 1.32 bits per heavy atom. The fourth-order valence-corrected chi connectivity index (χ4v) is 3.50. The minimum atomic E-state index is -0.403. The first-order chi connectivity index (χ1) is 9.04. The summed E-state index contributed by atoms with van der Waals surface area (Å²) in [5, 5.41) is 11.7. The van der Waals surface area contributed by atoms with Crippen LogP contribution in [0.3, 0.4) is 0 Å². The number of halogens is 2. The average molecular weight is 302 g/mol. The monoisotopic (exact) mass is 301 g/mol. The van der Waals surface area contributed by atoms with E-state index in [-0.39, 0.29) is 5.92 Å². The maximum Gasteiger partial charge on any atom is 0.0651 e. The maximum atomic E-state index is 10.6. The molecule has 19 heavy (non-hydrogen) atoms. The minimum Gasteiger partial charge on any atom is -0.392 e. The van der Waals surface area contributed by atoms with Crippen molar-refractivity contribution < 1.29 is 5.11 Å². The highest BCUT2D eigenvalue weighted by Gasteiger charge is 2.34.